The second-order valence-corrected chi connectivity index (χ2v) is 9.36. The first-order valence-corrected chi connectivity index (χ1v) is 12.3. The second kappa shape index (κ2) is 13.1. The van der Waals surface area contributed by atoms with Gasteiger partial charge in [0.15, 0.2) is 9.84 Å². The summed E-state index contributed by atoms with van der Waals surface area (Å²) in [5.74, 6) is 3.66. The Hall–Kier alpha value is -3.73. The van der Waals surface area contributed by atoms with E-state index in [1.54, 1.807) is 37.3 Å². The fourth-order valence-corrected chi connectivity index (χ4v) is 4.29. The van der Waals surface area contributed by atoms with Crippen LogP contribution in [-0.4, -0.2) is 44.8 Å². The molecule has 11 heteroatoms. The van der Waals surface area contributed by atoms with E-state index in [0.717, 1.165) is 5.56 Å². The molecule has 0 aliphatic carbocycles. The van der Waals surface area contributed by atoms with E-state index in [0.29, 0.717) is 11.4 Å². The van der Waals surface area contributed by atoms with Gasteiger partial charge in [-0.15, -0.1) is 0 Å². The van der Waals surface area contributed by atoms with E-state index in [1.165, 1.54) is 24.4 Å². The summed E-state index contributed by atoms with van der Waals surface area (Å²) in [4.78, 5) is 35.8. The number of hydrogen-bond donors (Lipinski definition) is 3. The molecule has 182 valence electrons. The summed E-state index contributed by atoms with van der Waals surface area (Å²) in [6.07, 6.45) is 1.48. The molecule has 2 aromatic carbocycles. The number of nitrogens with zero attached hydrogens (tertiary/aromatic N) is 1. The number of amides is 2. The van der Waals surface area contributed by atoms with Crippen LogP contribution in [0.5, 0.6) is 0 Å². The van der Waals surface area contributed by atoms with Crippen molar-refractivity contribution in [2.45, 2.75) is 37.5 Å². The van der Waals surface area contributed by atoms with Crippen molar-refractivity contribution in [3.05, 3.63) is 54.1 Å². The predicted molar refractivity (Wildman–Crippen MR) is 129 cm³/mol. The van der Waals surface area contributed by atoms with Crippen molar-refractivity contribution < 1.29 is 27.5 Å². The van der Waals surface area contributed by atoms with Gasteiger partial charge in [0.25, 0.3) is 0 Å². The van der Waals surface area contributed by atoms with E-state index >= 15 is 0 Å². The third-order valence-electron chi connectivity index (χ3n) is 4.57. The number of nitrogens with one attached hydrogen (secondary N) is 2. The number of hydrazone groups is 1. The molecule has 2 aromatic rings. The molecule has 0 radical (unpaired) electrons. The molecule has 0 unspecified atom stereocenters. The zero-order valence-corrected chi connectivity index (χ0v) is 19.6. The number of hydrogen-bond acceptors (Lipinski definition) is 8. The molecular formula is C23H28N4O6S. The summed E-state index contributed by atoms with van der Waals surface area (Å²) in [5.41, 5.74) is 1.65. The molecule has 0 aromatic heterocycles. The van der Waals surface area contributed by atoms with Gasteiger partial charge in [-0.25, -0.2) is 8.42 Å². The van der Waals surface area contributed by atoms with Gasteiger partial charge in [-0.05, 0) is 49.2 Å². The van der Waals surface area contributed by atoms with Crippen LogP contribution in [0.15, 0.2) is 58.5 Å². The Morgan fingerprint density at radius 3 is 2.24 bits per heavy atom. The number of esters is 1. The average Bonchev–Trinajstić information content (AvgIpc) is 2.79. The quantitative estimate of drug-likeness (QED) is 0.179. The molecule has 0 fully saturated rings. The minimum atomic E-state index is -3.63. The van der Waals surface area contributed by atoms with Crippen molar-refractivity contribution in [3.63, 3.8) is 0 Å². The molecule has 2 amide bonds. The minimum Gasteiger partial charge on any atom is -0.466 e. The van der Waals surface area contributed by atoms with Gasteiger partial charge in [0.2, 0.25) is 11.8 Å². The topological polar surface area (TPSA) is 157 Å². The molecule has 0 aliphatic rings. The molecule has 0 spiro atoms. The van der Waals surface area contributed by atoms with Gasteiger partial charge in [0.1, 0.15) is 0 Å². The molecule has 0 saturated carbocycles. The van der Waals surface area contributed by atoms with Crippen LogP contribution in [0.1, 0.15) is 38.2 Å². The van der Waals surface area contributed by atoms with Gasteiger partial charge in [-0.3, -0.25) is 14.4 Å². The van der Waals surface area contributed by atoms with Gasteiger partial charge in [0, 0.05) is 30.6 Å². The summed E-state index contributed by atoms with van der Waals surface area (Å²) >= 11 is 0. The summed E-state index contributed by atoms with van der Waals surface area (Å²) in [6.45, 7) is 1.92. The fourth-order valence-electron chi connectivity index (χ4n) is 2.94. The summed E-state index contributed by atoms with van der Waals surface area (Å²) in [7, 11) is -3.63. The standard InChI is InChI=1S/C23H28N4O6S/c1-2-33-23(30)7-4-14-34(31,32)20-6-3-5-19(15-20)27-22(29)13-12-21(28)26-18-10-8-17(9-11-18)16-25-24/h3,5-6,8-11,15-16H,2,4,7,12-14,24H2,1H3,(H,26,28)(H,27,29)/b25-16+. The van der Waals surface area contributed by atoms with E-state index in [-0.39, 0.29) is 48.8 Å². The molecule has 10 nitrogen and oxygen atoms in total. The van der Waals surface area contributed by atoms with Gasteiger partial charge in [-0.2, -0.15) is 5.10 Å². The van der Waals surface area contributed by atoms with Gasteiger partial charge in [0.05, 0.1) is 23.5 Å². The monoisotopic (exact) mass is 488 g/mol. The van der Waals surface area contributed by atoms with Crippen LogP contribution >= 0.6 is 0 Å². The average molecular weight is 489 g/mol. The smallest absolute Gasteiger partial charge is 0.305 e. The molecular weight excluding hydrogens is 460 g/mol. The zero-order chi connectivity index (χ0) is 25.0. The molecule has 2 rings (SSSR count). The molecule has 0 bridgehead atoms. The maximum Gasteiger partial charge on any atom is 0.305 e. The minimum absolute atomic E-state index is 0.0116. The van der Waals surface area contributed by atoms with Crippen molar-refractivity contribution in [1.29, 1.82) is 0 Å². The Kier molecular flexibility index (Phi) is 10.2. The Morgan fingerprint density at radius 2 is 1.62 bits per heavy atom. The van der Waals surface area contributed by atoms with E-state index < -0.39 is 21.7 Å². The lowest BCUT2D eigenvalue weighted by Gasteiger charge is -2.09. The normalized spacial score (nSPS) is 11.2. The molecule has 0 aliphatic heterocycles. The van der Waals surface area contributed by atoms with Gasteiger partial charge in [-0.1, -0.05) is 18.2 Å². The molecule has 0 heterocycles. The lowest BCUT2D eigenvalue weighted by Crippen LogP contribution is -2.17. The summed E-state index contributed by atoms with van der Waals surface area (Å²) < 4.78 is 29.8. The van der Waals surface area contributed by atoms with Crippen LogP contribution in [0, 0.1) is 0 Å². The van der Waals surface area contributed by atoms with Gasteiger partial charge >= 0.3 is 5.97 Å². The third kappa shape index (κ3) is 9.02. The van der Waals surface area contributed by atoms with Crippen molar-refractivity contribution in [2.24, 2.45) is 10.9 Å². The number of rotatable bonds is 12. The summed E-state index contributed by atoms with van der Waals surface area (Å²) in [5, 5.41) is 8.71. The number of anilines is 2. The number of sulfone groups is 1. The highest BCUT2D eigenvalue weighted by Gasteiger charge is 2.16. The van der Waals surface area contributed by atoms with Crippen LogP contribution in [-0.2, 0) is 29.0 Å². The predicted octanol–water partition coefficient (Wildman–Crippen LogP) is 2.45. The van der Waals surface area contributed by atoms with E-state index in [1.807, 2.05) is 0 Å². The first-order valence-electron chi connectivity index (χ1n) is 10.6. The van der Waals surface area contributed by atoms with Crippen molar-refractivity contribution in [2.75, 3.05) is 23.0 Å². The third-order valence-corrected chi connectivity index (χ3v) is 6.37. The van der Waals surface area contributed by atoms with Crippen LogP contribution in [0.25, 0.3) is 0 Å². The Morgan fingerprint density at radius 1 is 0.971 bits per heavy atom. The van der Waals surface area contributed by atoms with Crippen LogP contribution in [0.3, 0.4) is 0 Å². The highest BCUT2D eigenvalue weighted by atomic mass is 32.2. The van der Waals surface area contributed by atoms with Gasteiger partial charge < -0.3 is 21.2 Å². The number of carbonyl (C=O) groups excluding carboxylic acids is 3. The van der Waals surface area contributed by atoms with E-state index in [9.17, 15) is 22.8 Å². The van der Waals surface area contributed by atoms with Crippen molar-refractivity contribution in [3.8, 4) is 0 Å². The fraction of sp³-hybridized carbons (Fsp3) is 0.304. The molecule has 0 atom stereocenters. The van der Waals surface area contributed by atoms with Crippen LogP contribution in [0.4, 0.5) is 11.4 Å². The first kappa shape index (κ1) is 26.5. The number of benzene rings is 2. The summed E-state index contributed by atoms with van der Waals surface area (Å²) in [6, 6.07) is 12.7. The lowest BCUT2D eigenvalue weighted by molar-refractivity contribution is -0.143. The van der Waals surface area contributed by atoms with Crippen molar-refractivity contribution >= 4 is 45.2 Å². The zero-order valence-electron chi connectivity index (χ0n) is 18.8. The van der Waals surface area contributed by atoms with Crippen LogP contribution < -0.4 is 16.5 Å². The second-order valence-electron chi connectivity index (χ2n) is 7.25. The maximum absolute atomic E-state index is 12.5. The Labute approximate surface area is 198 Å². The van der Waals surface area contributed by atoms with E-state index in [4.69, 9.17) is 10.6 Å². The van der Waals surface area contributed by atoms with Crippen LogP contribution in [0.2, 0.25) is 0 Å². The van der Waals surface area contributed by atoms with E-state index in [2.05, 4.69) is 15.7 Å². The molecule has 34 heavy (non-hydrogen) atoms. The highest BCUT2D eigenvalue weighted by Crippen LogP contribution is 2.18. The first-order chi connectivity index (χ1) is 16.2. The highest BCUT2D eigenvalue weighted by molar-refractivity contribution is 7.91. The van der Waals surface area contributed by atoms with Crippen molar-refractivity contribution in [1.82, 2.24) is 0 Å². The Balaban J connectivity index is 1.85. The number of carbonyl (C=O) groups is 3. The maximum atomic E-state index is 12.5. The molecule has 4 N–H and O–H groups in total. The number of ether oxygens (including phenoxy) is 1. The lowest BCUT2D eigenvalue weighted by atomic mass is 10.2. The Bertz CT molecular complexity index is 1130. The largest absolute Gasteiger partial charge is 0.466 e. The number of nitrogens with two attached hydrogens (primary N) is 1. The molecule has 0 saturated heterocycles. The SMILES string of the molecule is CCOC(=O)CCCS(=O)(=O)c1cccc(NC(=O)CCC(=O)Nc2ccc(/C=N/N)cc2)c1.